The van der Waals surface area contributed by atoms with Gasteiger partial charge >= 0.3 is 0 Å². The maximum atomic E-state index is 2.47. The van der Waals surface area contributed by atoms with Crippen molar-refractivity contribution in [3.63, 3.8) is 0 Å². The standard InChI is InChI=1S/C59H41N/c1-6-18-42(19-7-1)44-30-34-49(35-31-44)60(50-36-32-45(33-37-50)43-20-8-2-9-21-43)51-38-39-53-56-41-55(46-22-10-3-11-23-46)52-28-16-17-29-54(52)58(56)59(57(53)40-51,47-24-12-4-13-25-47)48-26-14-5-15-27-48/h1-41H. The highest BCUT2D eigenvalue weighted by atomic mass is 15.1. The first kappa shape index (κ1) is 35.4. The molecule has 10 aromatic carbocycles. The quantitative estimate of drug-likeness (QED) is 0.149. The van der Waals surface area contributed by atoms with Gasteiger partial charge in [0.2, 0.25) is 0 Å². The fourth-order valence-electron chi connectivity index (χ4n) is 9.66. The molecule has 0 unspecified atom stereocenters. The Labute approximate surface area is 352 Å². The molecule has 1 aliphatic carbocycles. The Morgan fingerprint density at radius 3 is 1.17 bits per heavy atom. The van der Waals surface area contributed by atoms with Crippen LogP contribution in [0.1, 0.15) is 22.3 Å². The highest BCUT2D eigenvalue weighted by Gasteiger charge is 2.48. The molecular weight excluding hydrogens is 723 g/mol. The van der Waals surface area contributed by atoms with Crippen molar-refractivity contribution in [2.45, 2.75) is 5.41 Å². The first-order valence-electron chi connectivity index (χ1n) is 20.8. The molecule has 0 spiro atoms. The summed E-state index contributed by atoms with van der Waals surface area (Å²) < 4.78 is 0. The third kappa shape index (κ3) is 5.86. The van der Waals surface area contributed by atoms with Crippen LogP contribution < -0.4 is 4.90 Å². The molecule has 0 atom stereocenters. The van der Waals surface area contributed by atoms with Gasteiger partial charge in [-0.1, -0.05) is 206 Å². The van der Waals surface area contributed by atoms with Gasteiger partial charge in [-0.3, -0.25) is 0 Å². The van der Waals surface area contributed by atoms with Crippen molar-refractivity contribution in [1.82, 2.24) is 0 Å². The van der Waals surface area contributed by atoms with E-state index in [-0.39, 0.29) is 0 Å². The monoisotopic (exact) mass is 763 g/mol. The summed E-state index contributed by atoms with van der Waals surface area (Å²) in [5.74, 6) is 0. The number of benzene rings is 10. The summed E-state index contributed by atoms with van der Waals surface area (Å²) in [5.41, 5.74) is 17.6. The SMILES string of the molecule is c1ccc(-c2ccc(N(c3ccc(-c4ccccc4)cc3)c3ccc4c(c3)C(c3ccccc3)(c3ccccc3)c3c-4cc(-c4ccccc4)c4ccccc34)cc2)cc1. The normalized spacial score (nSPS) is 12.5. The van der Waals surface area contributed by atoms with Crippen molar-refractivity contribution in [3.8, 4) is 44.5 Å². The lowest BCUT2D eigenvalue weighted by Crippen LogP contribution is -2.29. The molecule has 0 amide bonds. The van der Waals surface area contributed by atoms with Crippen molar-refractivity contribution in [2.24, 2.45) is 0 Å². The van der Waals surface area contributed by atoms with Gasteiger partial charge in [0.15, 0.2) is 0 Å². The Morgan fingerprint density at radius 2 is 0.667 bits per heavy atom. The molecule has 0 saturated heterocycles. The van der Waals surface area contributed by atoms with Gasteiger partial charge in [0.05, 0.1) is 5.41 Å². The van der Waals surface area contributed by atoms with Gasteiger partial charge in [0.1, 0.15) is 0 Å². The van der Waals surface area contributed by atoms with E-state index in [2.05, 4.69) is 254 Å². The van der Waals surface area contributed by atoms with Gasteiger partial charge in [0, 0.05) is 17.1 Å². The molecule has 1 aliphatic rings. The zero-order chi connectivity index (χ0) is 39.9. The van der Waals surface area contributed by atoms with Crippen LogP contribution in [0.2, 0.25) is 0 Å². The summed E-state index contributed by atoms with van der Waals surface area (Å²) in [7, 11) is 0. The van der Waals surface area contributed by atoms with Gasteiger partial charge in [-0.2, -0.15) is 0 Å². The number of rotatable bonds is 8. The molecule has 11 rings (SSSR count). The highest BCUT2D eigenvalue weighted by molar-refractivity contribution is 6.07. The van der Waals surface area contributed by atoms with E-state index in [4.69, 9.17) is 0 Å². The largest absolute Gasteiger partial charge is 0.310 e. The number of fused-ring (bicyclic) bond motifs is 5. The third-order valence-electron chi connectivity index (χ3n) is 12.3. The molecule has 282 valence electrons. The summed E-state index contributed by atoms with van der Waals surface area (Å²) >= 11 is 0. The van der Waals surface area contributed by atoms with Crippen LogP contribution >= 0.6 is 0 Å². The second-order valence-corrected chi connectivity index (χ2v) is 15.6. The molecule has 0 fully saturated rings. The van der Waals surface area contributed by atoms with Crippen LogP contribution in [0.4, 0.5) is 17.1 Å². The van der Waals surface area contributed by atoms with Crippen molar-refractivity contribution in [2.75, 3.05) is 4.90 Å². The van der Waals surface area contributed by atoms with Crippen molar-refractivity contribution < 1.29 is 0 Å². The smallest absolute Gasteiger partial charge is 0.0720 e. The fourth-order valence-corrected chi connectivity index (χ4v) is 9.66. The summed E-state index contributed by atoms with van der Waals surface area (Å²) in [6.45, 7) is 0. The topological polar surface area (TPSA) is 3.24 Å². The van der Waals surface area contributed by atoms with Crippen LogP contribution in [-0.4, -0.2) is 0 Å². The summed E-state index contributed by atoms with van der Waals surface area (Å²) in [5, 5.41) is 2.52. The van der Waals surface area contributed by atoms with E-state index < -0.39 is 5.41 Å². The van der Waals surface area contributed by atoms with E-state index in [1.54, 1.807) is 0 Å². The Hall–Kier alpha value is -7.74. The molecule has 0 saturated carbocycles. The number of anilines is 3. The molecule has 0 N–H and O–H groups in total. The van der Waals surface area contributed by atoms with Gasteiger partial charge in [-0.15, -0.1) is 0 Å². The predicted octanol–water partition coefficient (Wildman–Crippen LogP) is 15.7. The van der Waals surface area contributed by atoms with E-state index >= 15 is 0 Å². The van der Waals surface area contributed by atoms with Crippen LogP contribution in [0.5, 0.6) is 0 Å². The summed E-state index contributed by atoms with van der Waals surface area (Å²) in [4.78, 5) is 2.42. The summed E-state index contributed by atoms with van der Waals surface area (Å²) in [6.07, 6.45) is 0. The Morgan fingerprint density at radius 1 is 0.267 bits per heavy atom. The van der Waals surface area contributed by atoms with Crippen molar-refractivity contribution >= 4 is 27.8 Å². The number of hydrogen-bond donors (Lipinski definition) is 0. The first-order valence-corrected chi connectivity index (χ1v) is 20.8. The van der Waals surface area contributed by atoms with Crippen LogP contribution in [0.15, 0.2) is 249 Å². The third-order valence-corrected chi connectivity index (χ3v) is 12.3. The minimum absolute atomic E-state index is 0.599. The van der Waals surface area contributed by atoms with E-state index in [0.29, 0.717) is 0 Å². The predicted molar refractivity (Wildman–Crippen MR) is 252 cm³/mol. The molecule has 0 radical (unpaired) electrons. The first-order chi connectivity index (χ1) is 29.8. The van der Waals surface area contributed by atoms with Crippen LogP contribution in [0.25, 0.3) is 55.3 Å². The number of hydrogen-bond acceptors (Lipinski definition) is 1. The lowest BCUT2D eigenvalue weighted by molar-refractivity contribution is 0.775. The van der Waals surface area contributed by atoms with Crippen LogP contribution in [0, 0.1) is 0 Å². The average molecular weight is 764 g/mol. The second-order valence-electron chi connectivity index (χ2n) is 15.6. The van der Waals surface area contributed by atoms with E-state index in [1.165, 1.54) is 77.5 Å². The lowest BCUT2D eigenvalue weighted by atomic mass is 9.66. The highest BCUT2D eigenvalue weighted by Crippen LogP contribution is 2.60. The summed E-state index contributed by atoms with van der Waals surface area (Å²) in [6, 6.07) is 91.1. The van der Waals surface area contributed by atoms with E-state index in [9.17, 15) is 0 Å². The molecule has 60 heavy (non-hydrogen) atoms. The zero-order valence-electron chi connectivity index (χ0n) is 33.1. The van der Waals surface area contributed by atoms with Gasteiger partial charge in [-0.25, -0.2) is 0 Å². The Kier molecular flexibility index (Phi) is 8.79. The van der Waals surface area contributed by atoms with E-state index in [1.807, 2.05) is 0 Å². The molecule has 0 heterocycles. The van der Waals surface area contributed by atoms with Crippen molar-refractivity contribution in [1.29, 1.82) is 0 Å². The molecular formula is C59H41N. The maximum Gasteiger partial charge on any atom is 0.0720 e. The zero-order valence-corrected chi connectivity index (χ0v) is 33.1. The maximum absolute atomic E-state index is 2.47. The second kappa shape index (κ2) is 14.9. The minimum Gasteiger partial charge on any atom is -0.310 e. The Bertz CT molecular complexity index is 2960. The lowest BCUT2D eigenvalue weighted by Gasteiger charge is -2.35. The molecule has 0 aliphatic heterocycles. The molecule has 10 aromatic rings. The van der Waals surface area contributed by atoms with E-state index in [0.717, 1.165) is 17.1 Å². The van der Waals surface area contributed by atoms with Crippen molar-refractivity contribution in [3.05, 3.63) is 271 Å². The molecule has 1 heteroatoms. The minimum atomic E-state index is -0.599. The fraction of sp³-hybridized carbons (Fsp3) is 0.0169. The molecule has 0 bridgehead atoms. The molecule has 1 nitrogen and oxygen atoms in total. The number of nitrogens with zero attached hydrogens (tertiary/aromatic N) is 1. The van der Waals surface area contributed by atoms with Gasteiger partial charge in [0.25, 0.3) is 0 Å². The Balaban J connectivity index is 1.18. The van der Waals surface area contributed by atoms with Crippen LogP contribution in [-0.2, 0) is 5.41 Å². The van der Waals surface area contributed by atoms with Gasteiger partial charge < -0.3 is 4.90 Å². The van der Waals surface area contributed by atoms with Gasteiger partial charge in [-0.05, 0) is 120 Å². The molecule has 0 aromatic heterocycles. The van der Waals surface area contributed by atoms with Crippen LogP contribution in [0.3, 0.4) is 0 Å². The average Bonchev–Trinajstić information content (AvgIpc) is 3.64.